The Labute approximate surface area is 156 Å². The number of imidazole rings is 1. The van der Waals surface area contributed by atoms with Crippen molar-refractivity contribution >= 4 is 17.6 Å². The van der Waals surface area contributed by atoms with Crippen molar-refractivity contribution in [1.29, 1.82) is 0 Å². The van der Waals surface area contributed by atoms with Gasteiger partial charge in [0.25, 0.3) is 0 Å². The van der Waals surface area contributed by atoms with E-state index in [9.17, 15) is 9.90 Å². The predicted molar refractivity (Wildman–Crippen MR) is 95.5 cm³/mol. The first kappa shape index (κ1) is 20.0. The van der Waals surface area contributed by atoms with Crippen molar-refractivity contribution in [3.8, 4) is 11.5 Å². The number of benzene rings is 1. The molecule has 1 unspecified atom stereocenters. The number of aliphatic carboxylic acids is 1. The number of nitrogens with one attached hydrogen (secondary N) is 1. The number of hydrogen-bond donors (Lipinski definition) is 3. The van der Waals surface area contributed by atoms with Gasteiger partial charge in [0.15, 0.2) is 17.6 Å². The summed E-state index contributed by atoms with van der Waals surface area (Å²) >= 11 is 6.16. The number of hydrogen-bond acceptors (Lipinski definition) is 6. The van der Waals surface area contributed by atoms with E-state index in [1.165, 1.54) is 14.0 Å². The molecule has 1 aromatic heterocycles. The van der Waals surface area contributed by atoms with Gasteiger partial charge in [0.1, 0.15) is 5.82 Å². The first-order valence-electron chi connectivity index (χ1n) is 8.02. The number of H-pyrrole nitrogens is 1. The van der Waals surface area contributed by atoms with Crippen LogP contribution in [0.4, 0.5) is 0 Å². The molecule has 0 radical (unpaired) electrons. The zero-order valence-corrected chi connectivity index (χ0v) is 15.4. The monoisotopic (exact) mass is 383 g/mol. The van der Waals surface area contributed by atoms with E-state index in [1.54, 1.807) is 24.5 Å². The normalized spacial score (nSPS) is 12.2. The van der Waals surface area contributed by atoms with Crippen LogP contribution in [0.15, 0.2) is 24.5 Å². The van der Waals surface area contributed by atoms with Crippen LogP contribution in [0.2, 0.25) is 5.02 Å². The van der Waals surface area contributed by atoms with E-state index >= 15 is 0 Å². The summed E-state index contributed by atoms with van der Waals surface area (Å²) in [5.74, 6) is 0.321. The number of aromatic amines is 1. The molecule has 2 aromatic rings. The molecule has 0 aliphatic rings. The smallest absolute Gasteiger partial charge is 0.344 e. The van der Waals surface area contributed by atoms with Crippen LogP contribution in [0, 0.1) is 0 Å². The Balaban J connectivity index is 2.31. The van der Waals surface area contributed by atoms with Gasteiger partial charge in [0, 0.05) is 42.1 Å². The maximum atomic E-state index is 11.2. The maximum absolute atomic E-state index is 11.2. The highest BCUT2D eigenvalue weighted by Gasteiger charge is 2.21. The van der Waals surface area contributed by atoms with E-state index in [0.717, 1.165) is 5.82 Å². The van der Waals surface area contributed by atoms with Gasteiger partial charge in [-0.25, -0.2) is 9.78 Å². The number of nitrogens with zero attached hydrogens (tertiary/aromatic N) is 2. The highest BCUT2D eigenvalue weighted by molar-refractivity contribution is 6.30. The van der Waals surface area contributed by atoms with E-state index in [4.69, 9.17) is 26.2 Å². The van der Waals surface area contributed by atoms with E-state index in [-0.39, 0.29) is 6.61 Å². The van der Waals surface area contributed by atoms with Gasteiger partial charge in [-0.05, 0) is 13.0 Å². The number of carbonyl (C=O) groups is 1. The fourth-order valence-corrected chi connectivity index (χ4v) is 2.68. The van der Waals surface area contributed by atoms with Gasteiger partial charge in [-0.2, -0.15) is 0 Å². The van der Waals surface area contributed by atoms with E-state index < -0.39 is 12.1 Å². The molecule has 0 spiro atoms. The molecule has 0 amide bonds. The van der Waals surface area contributed by atoms with Crippen molar-refractivity contribution in [1.82, 2.24) is 14.9 Å². The minimum absolute atomic E-state index is 0.0415. The molecule has 0 bridgehead atoms. The van der Waals surface area contributed by atoms with E-state index in [0.29, 0.717) is 41.7 Å². The Morgan fingerprint density at radius 3 is 2.77 bits per heavy atom. The largest absolute Gasteiger partial charge is 0.493 e. The number of aromatic nitrogens is 2. The molecular formula is C17H22ClN3O5. The van der Waals surface area contributed by atoms with Gasteiger partial charge in [0.05, 0.1) is 20.3 Å². The third-order valence-electron chi connectivity index (χ3n) is 3.70. The molecular weight excluding hydrogens is 362 g/mol. The molecule has 142 valence electrons. The standard InChI is InChI=1S/C17H22ClN3O5/c1-11(17(23)24)26-16-12(7-13(18)8-14(16)25-2)9-21(5-6-22)10-15-19-3-4-20-15/h3-4,7-8,11,22H,5-6,9-10H2,1-2H3,(H,19,20)(H,23,24). The van der Waals surface area contributed by atoms with Crippen molar-refractivity contribution in [2.45, 2.75) is 26.1 Å². The van der Waals surface area contributed by atoms with Crippen molar-refractivity contribution in [3.05, 3.63) is 40.9 Å². The second kappa shape index (κ2) is 9.42. The molecule has 1 heterocycles. The van der Waals surface area contributed by atoms with Crippen LogP contribution in [0.25, 0.3) is 0 Å². The number of aliphatic hydroxyl groups is 1. The van der Waals surface area contributed by atoms with Crippen molar-refractivity contribution < 1.29 is 24.5 Å². The lowest BCUT2D eigenvalue weighted by Gasteiger charge is -2.24. The zero-order valence-electron chi connectivity index (χ0n) is 14.6. The number of carboxylic acids is 1. The number of rotatable bonds is 10. The van der Waals surface area contributed by atoms with Gasteiger partial charge >= 0.3 is 5.97 Å². The zero-order chi connectivity index (χ0) is 19.1. The maximum Gasteiger partial charge on any atom is 0.344 e. The summed E-state index contributed by atoms with van der Waals surface area (Å²) in [5, 5.41) is 18.9. The van der Waals surface area contributed by atoms with Crippen LogP contribution in [0.5, 0.6) is 11.5 Å². The first-order valence-corrected chi connectivity index (χ1v) is 8.39. The summed E-state index contributed by atoms with van der Waals surface area (Å²) in [6.45, 7) is 2.62. The quantitative estimate of drug-likeness (QED) is 0.575. The van der Waals surface area contributed by atoms with Gasteiger partial charge in [-0.15, -0.1) is 0 Å². The second-order valence-corrected chi connectivity index (χ2v) is 6.10. The van der Waals surface area contributed by atoms with Crippen molar-refractivity contribution in [3.63, 3.8) is 0 Å². The third kappa shape index (κ3) is 5.35. The van der Waals surface area contributed by atoms with Crippen molar-refractivity contribution in [2.24, 2.45) is 0 Å². The molecule has 26 heavy (non-hydrogen) atoms. The predicted octanol–water partition coefficient (Wildman–Crippen LogP) is 1.92. The summed E-state index contributed by atoms with van der Waals surface area (Å²) < 4.78 is 10.9. The van der Waals surface area contributed by atoms with Crippen molar-refractivity contribution in [2.75, 3.05) is 20.3 Å². The highest BCUT2D eigenvalue weighted by Crippen LogP contribution is 2.36. The summed E-state index contributed by atoms with van der Waals surface area (Å²) in [6, 6.07) is 3.26. The minimum atomic E-state index is -1.09. The lowest BCUT2D eigenvalue weighted by molar-refractivity contribution is -0.144. The Kier molecular flexibility index (Phi) is 7.26. The molecule has 0 fully saturated rings. The highest BCUT2D eigenvalue weighted by atomic mass is 35.5. The molecule has 1 aromatic carbocycles. The van der Waals surface area contributed by atoms with Crippen LogP contribution in [0.3, 0.4) is 0 Å². The summed E-state index contributed by atoms with van der Waals surface area (Å²) in [5.41, 5.74) is 0.655. The summed E-state index contributed by atoms with van der Waals surface area (Å²) in [7, 11) is 1.46. The molecule has 0 saturated heterocycles. The van der Waals surface area contributed by atoms with E-state index in [1.807, 2.05) is 4.90 Å². The SMILES string of the molecule is COc1cc(Cl)cc(CN(CCO)Cc2ncc[nH]2)c1OC(C)C(=O)O. The van der Waals surface area contributed by atoms with Crippen LogP contribution in [-0.4, -0.2) is 57.4 Å². The minimum Gasteiger partial charge on any atom is -0.493 e. The molecule has 1 atom stereocenters. The first-order chi connectivity index (χ1) is 12.4. The Morgan fingerprint density at radius 2 is 2.19 bits per heavy atom. The Hall–Kier alpha value is -2.29. The Bertz CT molecular complexity index is 723. The van der Waals surface area contributed by atoms with Crippen LogP contribution in [-0.2, 0) is 17.9 Å². The molecule has 8 nitrogen and oxygen atoms in total. The number of aliphatic hydroxyl groups excluding tert-OH is 1. The number of carboxylic acid groups (broad SMARTS) is 1. The number of methoxy groups -OCH3 is 1. The number of ether oxygens (including phenoxy) is 2. The molecule has 0 aliphatic carbocycles. The average Bonchev–Trinajstić information content (AvgIpc) is 3.09. The summed E-state index contributed by atoms with van der Waals surface area (Å²) in [4.78, 5) is 20.3. The fraction of sp³-hybridized carbons (Fsp3) is 0.412. The van der Waals surface area contributed by atoms with Crippen LogP contribution >= 0.6 is 11.6 Å². The molecule has 9 heteroatoms. The average molecular weight is 384 g/mol. The van der Waals surface area contributed by atoms with Gasteiger partial charge in [-0.1, -0.05) is 11.6 Å². The third-order valence-corrected chi connectivity index (χ3v) is 3.92. The van der Waals surface area contributed by atoms with Gasteiger partial charge < -0.3 is 24.7 Å². The van der Waals surface area contributed by atoms with E-state index in [2.05, 4.69) is 9.97 Å². The lowest BCUT2D eigenvalue weighted by Crippen LogP contribution is -2.28. The topological polar surface area (TPSA) is 108 Å². The second-order valence-electron chi connectivity index (χ2n) is 5.66. The molecule has 3 N–H and O–H groups in total. The molecule has 0 saturated carbocycles. The van der Waals surface area contributed by atoms with Gasteiger partial charge in [-0.3, -0.25) is 4.90 Å². The Morgan fingerprint density at radius 1 is 1.42 bits per heavy atom. The summed E-state index contributed by atoms with van der Waals surface area (Å²) in [6.07, 6.45) is 2.32. The molecule has 2 rings (SSSR count). The van der Waals surface area contributed by atoms with Crippen LogP contribution in [0.1, 0.15) is 18.3 Å². The van der Waals surface area contributed by atoms with Gasteiger partial charge in [0.2, 0.25) is 0 Å². The molecule has 0 aliphatic heterocycles. The fourth-order valence-electron chi connectivity index (χ4n) is 2.45. The van der Waals surface area contributed by atoms with Crippen LogP contribution < -0.4 is 9.47 Å². The lowest BCUT2D eigenvalue weighted by atomic mass is 10.1. The number of halogens is 1.